The van der Waals surface area contributed by atoms with Crippen LogP contribution in [0.2, 0.25) is 13.1 Å². The first-order valence-corrected chi connectivity index (χ1v) is 9.12. The van der Waals surface area contributed by atoms with E-state index in [0.29, 0.717) is 0 Å². The minimum atomic E-state index is 0. The second-order valence-electron chi connectivity index (χ2n) is 5.00. The number of benzene rings is 1. The van der Waals surface area contributed by atoms with Gasteiger partial charge in [0, 0.05) is 9.52 Å². The van der Waals surface area contributed by atoms with Crippen molar-refractivity contribution in [2.24, 2.45) is 0 Å². The average Bonchev–Trinajstić information content (AvgIpc) is 3.14. The van der Waals surface area contributed by atoms with Gasteiger partial charge >= 0.3 is 26.2 Å². The number of allylic oxidation sites excluding steroid dienone is 4. The van der Waals surface area contributed by atoms with Crippen LogP contribution in [-0.2, 0) is 26.2 Å². The molecule has 131 valence electrons. The van der Waals surface area contributed by atoms with E-state index in [4.69, 9.17) is 0 Å². The molecule has 1 aliphatic carbocycles. The predicted molar refractivity (Wildman–Crippen MR) is 111 cm³/mol. The summed E-state index contributed by atoms with van der Waals surface area (Å²) in [6, 6.07) is 10.1. The molecule has 0 aliphatic heterocycles. The Balaban J connectivity index is -0.000000118. The third-order valence-electron chi connectivity index (χ3n) is 1.98. The number of fused-ring (bicyclic) bond motifs is 1. The molecule has 24 heavy (non-hydrogen) atoms. The summed E-state index contributed by atoms with van der Waals surface area (Å²) in [5.74, 6) is 1.42. The molecule has 0 amide bonds. The van der Waals surface area contributed by atoms with Crippen LogP contribution < -0.4 is 0 Å². The molecule has 2 aromatic rings. The maximum atomic E-state index is 2.99. The maximum Gasteiger partial charge on any atom is 3.00 e. The number of aromatic amines is 1. The van der Waals surface area contributed by atoms with Crippen LogP contribution in [0.3, 0.4) is 0 Å². The van der Waals surface area contributed by atoms with Gasteiger partial charge in [0.25, 0.3) is 0 Å². The van der Waals surface area contributed by atoms with Crippen LogP contribution in [-0.4, -0.2) is 14.5 Å². The van der Waals surface area contributed by atoms with Gasteiger partial charge in [0.05, 0.1) is 0 Å². The topological polar surface area (TPSA) is 15.8 Å². The van der Waals surface area contributed by atoms with Crippen LogP contribution in [0.25, 0.3) is 10.9 Å². The monoisotopic (exact) mass is 458 g/mol. The molecule has 1 heterocycles. The smallest absolute Gasteiger partial charge is 0.477 e. The third-order valence-corrected chi connectivity index (χ3v) is 1.98. The van der Waals surface area contributed by atoms with Crippen LogP contribution in [0, 0.1) is 18.2 Å². The zero-order valence-corrected chi connectivity index (χ0v) is 20.2. The van der Waals surface area contributed by atoms with Crippen molar-refractivity contribution in [2.75, 3.05) is 0 Å². The number of H-pyrrole nitrogens is 1. The Bertz CT molecular complexity index is 482. The molecule has 1 aromatic carbocycles. The summed E-state index contributed by atoms with van der Waals surface area (Å²) in [6.07, 6.45) is 12.9. The third kappa shape index (κ3) is 20.0. The summed E-state index contributed by atoms with van der Waals surface area (Å²) >= 11 is 0. The van der Waals surface area contributed by atoms with E-state index >= 15 is 0 Å². The van der Waals surface area contributed by atoms with Gasteiger partial charge in [-0.3, -0.25) is 6.08 Å². The summed E-state index contributed by atoms with van der Waals surface area (Å²) in [5, 5.41) is 1.22. The summed E-state index contributed by atoms with van der Waals surface area (Å²) in [4.78, 5) is 2.99. The second kappa shape index (κ2) is 22.9. The van der Waals surface area contributed by atoms with Crippen molar-refractivity contribution < 1.29 is 26.2 Å². The van der Waals surface area contributed by atoms with Crippen molar-refractivity contribution in [2.45, 2.75) is 40.3 Å². The molecule has 0 saturated heterocycles. The molecule has 3 rings (SSSR count). The zero-order valence-electron chi connectivity index (χ0n) is 15.1. The summed E-state index contributed by atoms with van der Waals surface area (Å²) in [5.41, 5.74) is 1.15. The van der Waals surface area contributed by atoms with E-state index < -0.39 is 0 Å². The molecule has 5 heteroatoms. The quantitative estimate of drug-likeness (QED) is 0.340. The van der Waals surface area contributed by atoms with Crippen LogP contribution >= 0.6 is 24.8 Å². The van der Waals surface area contributed by atoms with Gasteiger partial charge in [-0.1, -0.05) is 25.2 Å². The minimum Gasteiger partial charge on any atom is -0.477 e. The Morgan fingerprint density at radius 1 is 1.08 bits per heavy atom. The number of aromatic nitrogens is 1. The fourth-order valence-electron chi connectivity index (χ4n) is 1.27. The van der Waals surface area contributed by atoms with Crippen molar-refractivity contribution in [3.8, 4) is 0 Å². The van der Waals surface area contributed by atoms with Crippen molar-refractivity contribution in [3.63, 3.8) is 0 Å². The fourth-order valence-corrected chi connectivity index (χ4v) is 1.27. The van der Waals surface area contributed by atoms with Crippen LogP contribution in [0.15, 0.2) is 48.6 Å². The first-order chi connectivity index (χ1) is 10.1. The van der Waals surface area contributed by atoms with Gasteiger partial charge in [0.2, 0.25) is 0 Å². The molecule has 1 N–H and O–H groups in total. The van der Waals surface area contributed by atoms with Gasteiger partial charge in [-0.25, -0.2) is 12.2 Å². The number of halogens is 2. The normalized spacial score (nSPS) is 9.75. The number of rotatable bonds is 0. The number of hydrogen-bond donors (Lipinski definition) is 1. The number of nitrogens with one attached hydrogen (secondary N) is 1. The number of hydrogen-bond acceptors (Lipinski definition) is 0. The summed E-state index contributed by atoms with van der Waals surface area (Å²) in [7, 11) is 1.08. The summed E-state index contributed by atoms with van der Waals surface area (Å²) < 4.78 is 0. The van der Waals surface area contributed by atoms with Crippen LogP contribution in [0.5, 0.6) is 0 Å². The van der Waals surface area contributed by atoms with Gasteiger partial charge in [-0.05, 0) is 0 Å². The van der Waals surface area contributed by atoms with Gasteiger partial charge in [0.15, 0.2) is 0 Å². The van der Waals surface area contributed by atoms with Crippen molar-refractivity contribution in [3.05, 3.63) is 66.8 Å². The Labute approximate surface area is 182 Å². The SMILES string of the molecule is C[C-](C)C.C[Si]C.Cl.Cl.[C-]1=CC=CC1.[Zr+3].[c-]1cc2ccccc2[nH]1. The van der Waals surface area contributed by atoms with Crippen molar-refractivity contribution in [1.82, 2.24) is 4.98 Å². The largest absolute Gasteiger partial charge is 3.00 e. The predicted octanol–water partition coefficient (Wildman–Crippen LogP) is 6.52. The average molecular weight is 461 g/mol. The molecular weight excluding hydrogens is 432 g/mol. The van der Waals surface area contributed by atoms with E-state index in [9.17, 15) is 0 Å². The van der Waals surface area contributed by atoms with Gasteiger partial charge in [0.1, 0.15) is 0 Å². The standard InChI is InChI=1S/C8H6N.C5H5.C4H9.C2H6Si.2ClH.Zr/c1-2-4-8-7(3-1)5-6-9-8;1-2-4-5-3-1;1-4(2)3;1-3-2;;;/h1-5,9H;1-3H,4H2;1-3H3;1-2H3;2*1H;/q3*-1;;;;+3. The van der Waals surface area contributed by atoms with Gasteiger partial charge < -0.3 is 10.9 Å². The zero-order chi connectivity index (χ0) is 15.9. The Morgan fingerprint density at radius 2 is 1.62 bits per heavy atom. The molecule has 0 atom stereocenters. The van der Waals surface area contributed by atoms with E-state index in [1.54, 1.807) is 0 Å². The first-order valence-electron chi connectivity index (χ1n) is 7.12. The maximum absolute atomic E-state index is 2.99. The van der Waals surface area contributed by atoms with E-state index in [1.807, 2.05) is 36.4 Å². The molecular formula is C19H28Cl2NSiZr. The molecule has 1 aromatic heterocycles. The first kappa shape index (κ1) is 31.7. The Morgan fingerprint density at radius 3 is 2.00 bits per heavy atom. The molecule has 0 unspecified atom stereocenters. The van der Waals surface area contributed by atoms with Crippen molar-refractivity contribution in [1.29, 1.82) is 0 Å². The Hall–Kier alpha value is -0.0800. The van der Waals surface area contributed by atoms with E-state index in [1.165, 1.54) is 11.3 Å². The second-order valence-corrected chi connectivity index (χ2v) is 6.00. The molecule has 1 aliphatic rings. The molecule has 3 radical (unpaired) electrons. The van der Waals surface area contributed by atoms with E-state index in [0.717, 1.165) is 21.5 Å². The van der Waals surface area contributed by atoms with Crippen LogP contribution in [0.1, 0.15) is 27.2 Å². The molecule has 0 fully saturated rings. The van der Waals surface area contributed by atoms with E-state index in [-0.39, 0.29) is 51.0 Å². The molecule has 0 spiro atoms. The van der Waals surface area contributed by atoms with E-state index in [2.05, 4.69) is 63.3 Å². The molecule has 0 bridgehead atoms. The summed E-state index contributed by atoms with van der Waals surface area (Å²) in [6.45, 7) is 10.6. The van der Waals surface area contributed by atoms with Gasteiger partial charge in [-0.15, -0.1) is 55.1 Å². The van der Waals surface area contributed by atoms with Gasteiger partial charge in [-0.2, -0.15) is 38.3 Å². The Kier molecular flexibility index (Phi) is 30.2. The molecule has 1 nitrogen and oxygen atoms in total. The van der Waals surface area contributed by atoms with Crippen LogP contribution in [0.4, 0.5) is 0 Å². The molecule has 0 saturated carbocycles. The van der Waals surface area contributed by atoms with Crippen molar-refractivity contribution >= 4 is 45.2 Å². The fraction of sp³-hybridized carbons (Fsp3) is 0.316. The minimum absolute atomic E-state index is 0. The number of para-hydroxylation sites is 1.